The second-order valence-electron chi connectivity index (χ2n) is 6.11. The highest BCUT2D eigenvalue weighted by molar-refractivity contribution is 5.88. The maximum atomic E-state index is 12.9. The quantitative estimate of drug-likeness (QED) is 0.911. The molecule has 0 radical (unpaired) electrons. The molecule has 1 aromatic carbocycles. The summed E-state index contributed by atoms with van der Waals surface area (Å²) in [6.07, 6.45) is 1.32. The molecule has 1 saturated heterocycles. The van der Waals surface area contributed by atoms with E-state index in [-0.39, 0.29) is 18.5 Å². The number of hydrogen-bond acceptors (Lipinski definition) is 4. The van der Waals surface area contributed by atoms with Crippen LogP contribution in [-0.2, 0) is 14.3 Å². The molecule has 1 aliphatic heterocycles. The third-order valence-corrected chi connectivity index (χ3v) is 4.46. The van der Waals surface area contributed by atoms with Crippen LogP contribution in [0.5, 0.6) is 0 Å². The molecule has 1 N–H and O–H groups in total. The second kappa shape index (κ2) is 7.05. The van der Waals surface area contributed by atoms with E-state index in [0.717, 1.165) is 11.0 Å². The van der Waals surface area contributed by atoms with Gasteiger partial charge in [0.15, 0.2) is 0 Å². The number of furan rings is 1. The molecule has 6 heteroatoms. The first-order chi connectivity index (χ1) is 11.6. The van der Waals surface area contributed by atoms with Gasteiger partial charge in [-0.1, -0.05) is 18.2 Å². The zero-order valence-electron chi connectivity index (χ0n) is 13.6. The van der Waals surface area contributed by atoms with Crippen molar-refractivity contribution in [1.29, 1.82) is 0 Å². The molecule has 2 heterocycles. The average Bonchev–Trinajstić information content (AvgIpc) is 3.03. The summed E-state index contributed by atoms with van der Waals surface area (Å²) in [6, 6.07) is 9.31. The topological polar surface area (TPSA) is 80.0 Å². The normalized spacial score (nSPS) is 16.9. The Balaban J connectivity index is 1.83. The summed E-state index contributed by atoms with van der Waals surface area (Å²) in [5.74, 6) is -1.20. The third-order valence-electron chi connectivity index (χ3n) is 4.46. The standard InChI is InChI=1S/C18H21NO5/c1-12(16-10-13-4-2-3-5-15(13)24-16)18(22)19(11-17(20)21)14-6-8-23-9-7-14/h2-5,10,12,14H,6-9,11H2,1H3,(H,20,21)/t12-/m1/s1. The van der Waals surface area contributed by atoms with Crippen LogP contribution in [0.4, 0.5) is 0 Å². The number of nitrogens with zero attached hydrogens (tertiary/aromatic N) is 1. The fourth-order valence-corrected chi connectivity index (χ4v) is 3.12. The fraction of sp³-hybridized carbons (Fsp3) is 0.444. The molecule has 1 aliphatic rings. The minimum absolute atomic E-state index is 0.103. The van der Waals surface area contributed by atoms with Gasteiger partial charge in [-0.15, -0.1) is 0 Å². The van der Waals surface area contributed by atoms with Crippen molar-refractivity contribution >= 4 is 22.8 Å². The highest BCUT2D eigenvalue weighted by Gasteiger charge is 2.32. The van der Waals surface area contributed by atoms with E-state index in [1.165, 1.54) is 4.90 Å². The Hall–Kier alpha value is -2.34. The molecule has 1 fully saturated rings. The molecule has 24 heavy (non-hydrogen) atoms. The lowest BCUT2D eigenvalue weighted by Gasteiger charge is -2.34. The van der Waals surface area contributed by atoms with Crippen LogP contribution in [-0.4, -0.2) is 47.7 Å². The molecule has 2 aromatic rings. The Morgan fingerprint density at radius 3 is 2.67 bits per heavy atom. The number of ether oxygens (including phenoxy) is 1. The number of fused-ring (bicyclic) bond motifs is 1. The van der Waals surface area contributed by atoms with Crippen molar-refractivity contribution in [3.05, 3.63) is 36.1 Å². The highest BCUT2D eigenvalue weighted by atomic mass is 16.5. The number of para-hydroxylation sites is 1. The van der Waals surface area contributed by atoms with Gasteiger partial charge in [0.05, 0.1) is 5.92 Å². The van der Waals surface area contributed by atoms with Gasteiger partial charge >= 0.3 is 5.97 Å². The smallest absolute Gasteiger partial charge is 0.323 e. The molecule has 0 saturated carbocycles. The lowest BCUT2D eigenvalue weighted by atomic mass is 10.0. The molecule has 128 valence electrons. The predicted octanol–water partition coefficient (Wildman–Crippen LogP) is 2.63. The number of benzene rings is 1. The number of amides is 1. The summed E-state index contributed by atoms with van der Waals surface area (Å²) in [7, 11) is 0. The van der Waals surface area contributed by atoms with Gasteiger partial charge in [0.25, 0.3) is 0 Å². The Labute approximate surface area is 140 Å². The molecule has 1 amide bonds. The van der Waals surface area contributed by atoms with Crippen LogP contribution in [0.25, 0.3) is 11.0 Å². The molecule has 0 spiro atoms. The van der Waals surface area contributed by atoms with Crippen molar-refractivity contribution in [3.8, 4) is 0 Å². The van der Waals surface area contributed by atoms with Crippen molar-refractivity contribution in [2.75, 3.05) is 19.8 Å². The summed E-state index contributed by atoms with van der Waals surface area (Å²) < 4.78 is 11.1. The lowest BCUT2D eigenvalue weighted by Crippen LogP contribution is -2.47. The third kappa shape index (κ3) is 3.43. The summed E-state index contributed by atoms with van der Waals surface area (Å²) in [6.45, 7) is 2.56. The molecule has 1 atom stereocenters. The van der Waals surface area contributed by atoms with Crippen LogP contribution in [0.3, 0.4) is 0 Å². The molecule has 3 rings (SSSR count). The van der Waals surface area contributed by atoms with E-state index in [4.69, 9.17) is 9.15 Å². The van der Waals surface area contributed by atoms with E-state index in [1.54, 1.807) is 6.92 Å². The predicted molar refractivity (Wildman–Crippen MR) is 87.8 cm³/mol. The van der Waals surface area contributed by atoms with Gasteiger partial charge in [-0.05, 0) is 31.9 Å². The largest absolute Gasteiger partial charge is 0.480 e. The minimum Gasteiger partial charge on any atom is -0.480 e. The zero-order chi connectivity index (χ0) is 17.1. The molecule has 1 aromatic heterocycles. The maximum absolute atomic E-state index is 12.9. The molecule has 0 unspecified atom stereocenters. The Kier molecular flexibility index (Phi) is 4.85. The Morgan fingerprint density at radius 2 is 2.00 bits per heavy atom. The van der Waals surface area contributed by atoms with E-state index in [2.05, 4.69) is 0 Å². The van der Waals surface area contributed by atoms with Gasteiger partial charge in [0.2, 0.25) is 5.91 Å². The number of carboxylic acid groups (broad SMARTS) is 1. The lowest BCUT2D eigenvalue weighted by molar-refractivity contribution is -0.148. The number of carboxylic acids is 1. The van der Waals surface area contributed by atoms with Gasteiger partial charge < -0.3 is 19.2 Å². The first-order valence-corrected chi connectivity index (χ1v) is 8.14. The van der Waals surface area contributed by atoms with E-state index >= 15 is 0 Å². The Bertz CT molecular complexity index is 699. The highest BCUT2D eigenvalue weighted by Crippen LogP contribution is 2.28. The molecule has 0 aliphatic carbocycles. The van der Waals surface area contributed by atoms with Gasteiger partial charge in [-0.3, -0.25) is 9.59 Å². The molecule has 6 nitrogen and oxygen atoms in total. The van der Waals surface area contributed by atoms with E-state index < -0.39 is 11.9 Å². The van der Waals surface area contributed by atoms with E-state index in [0.29, 0.717) is 31.8 Å². The van der Waals surface area contributed by atoms with Gasteiger partial charge in [0, 0.05) is 24.6 Å². The number of rotatable bonds is 5. The van der Waals surface area contributed by atoms with Crippen LogP contribution in [0.1, 0.15) is 31.4 Å². The molecular formula is C18H21NO5. The fourth-order valence-electron chi connectivity index (χ4n) is 3.12. The summed E-state index contributed by atoms with van der Waals surface area (Å²) in [5, 5.41) is 10.1. The number of hydrogen-bond donors (Lipinski definition) is 1. The van der Waals surface area contributed by atoms with Crippen molar-refractivity contribution in [2.45, 2.75) is 31.7 Å². The van der Waals surface area contributed by atoms with Crippen molar-refractivity contribution < 1.29 is 23.8 Å². The van der Waals surface area contributed by atoms with Crippen LogP contribution < -0.4 is 0 Å². The zero-order valence-corrected chi connectivity index (χ0v) is 13.6. The first-order valence-electron chi connectivity index (χ1n) is 8.14. The molecule has 0 bridgehead atoms. The van der Waals surface area contributed by atoms with Crippen molar-refractivity contribution in [3.63, 3.8) is 0 Å². The minimum atomic E-state index is -1.01. The van der Waals surface area contributed by atoms with Crippen LogP contribution in [0, 0.1) is 0 Å². The number of carbonyl (C=O) groups excluding carboxylic acids is 1. The van der Waals surface area contributed by atoms with Crippen LogP contribution >= 0.6 is 0 Å². The second-order valence-corrected chi connectivity index (χ2v) is 6.11. The van der Waals surface area contributed by atoms with E-state index in [9.17, 15) is 14.7 Å². The molecular weight excluding hydrogens is 310 g/mol. The van der Waals surface area contributed by atoms with Crippen molar-refractivity contribution in [1.82, 2.24) is 4.90 Å². The van der Waals surface area contributed by atoms with Gasteiger partial charge in [0.1, 0.15) is 17.9 Å². The first kappa shape index (κ1) is 16.5. The van der Waals surface area contributed by atoms with Gasteiger partial charge in [-0.2, -0.15) is 0 Å². The van der Waals surface area contributed by atoms with Crippen molar-refractivity contribution in [2.24, 2.45) is 0 Å². The van der Waals surface area contributed by atoms with Crippen LogP contribution in [0.15, 0.2) is 34.7 Å². The Morgan fingerprint density at radius 1 is 1.29 bits per heavy atom. The van der Waals surface area contributed by atoms with E-state index in [1.807, 2.05) is 30.3 Å². The monoisotopic (exact) mass is 331 g/mol. The van der Waals surface area contributed by atoms with Crippen LogP contribution in [0.2, 0.25) is 0 Å². The maximum Gasteiger partial charge on any atom is 0.323 e. The summed E-state index contributed by atoms with van der Waals surface area (Å²) in [5.41, 5.74) is 0.725. The average molecular weight is 331 g/mol. The number of aliphatic carboxylic acids is 1. The summed E-state index contributed by atoms with van der Waals surface area (Å²) in [4.78, 5) is 25.6. The number of carbonyl (C=O) groups is 2. The summed E-state index contributed by atoms with van der Waals surface area (Å²) >= 11 is 0. The SMILES string of the molecule is C[C@@H](C(=O)N(CC(=O)O)C1CCOCC1)c1cc2ccccc2o1. The van der Waals surface area contributed by atoms with Gasteiger partial charge in [-0.25, -0.2) is 0 Å².